The lowest BCUT2D eigenvalue weighted by Gasteiger charge is -2.34. The third-order valence-corrected chi connectivity index (χ3v) is 6.79. The lowest BCUT2D eigenvalue weighted by atomic mass is 9.93. The minimum atomic E-state index is -4.57. The lowest BCUT2D eigenvalue weighted by Crippen LogP contribution is -2.48. The molecule has 1 saturated carbocycles. The number of likely N-dealkylation sites (N-methyl/N-ethyl adjacent to an activating group) is 1. The molecule has 10 heteroatoms. The maximum Gasteiger partial charge on any atom is 0.402 e. The summed E-state index contributed by atoms with van der Waals surface area (Å²) in [6, 6.07) is -0.298. The van der Waals surface area contributed by atoms with Crippen molar-refractivity contribution >= 4 is 10.2 Å². The second-order valence-corrected chi connectivity index (χ2v) is 9.54. The molecule has 6 nitrogen and oxygen atoms in total. The molecule has 1 rings (SSSR count). The van der Waals surface area contributed by atoms with Gasteiger partial charge in [-0.1, -0.05) is 18.9 Å². The highest BCUT2D eigenvalue weighted by atomic mass is 32.2. The van der Waals surface area contributed by atoms with Crippen molar-refractivity contribution in [3.05, 3.63) is 12.7 Å². The van der Waals surface area contributed by atoms with Crippen molar-refractivity contribution in [2.45, 2.75) is 69.7 Å². The zero-order valence-corrected chi connectivity index (χ0v) is 18.4. The van der Waals surface area contributed by atoms with E-state index in [1.54, 1.807) is 4.72 Å². The molecule has 0 radical (unpaired) electrons. The molecule has 1 fully saturated rings. The average Bonchev–Trinajstić information content (AvgIpc) is 2.65. The van der Waals surface area contributed by atoms with Crippen LogP contribution in [0, 0.1) is 0 Å². The molecule has 172 valence electrons. The van der Waals surface area contributed by atoms with Gasteiger partial charge in [0.15, 0.2) is 0 Å². The van der Waals surface area contributed by atoms with Crippen molar-refractivity contribution in [1.29, 1.82) is 0 Å². The van der Waals surface area contributed by atoms with E-state index < -0.39 is 22.9 Å². The summed E-state index contributed by atoms with van der Waals surface area (Å²) in [6.45, 7) is 4.83. The van der Waals surface area contributed by atoms with Gasteiger partial charge in [-0.05, 0) is 52.1 Å². The van der Waals surface area contributed by atoms with Crippen LogP contribution in [0.15, 0.2) is 12.7 Å². The second kappa shape index (κ2) is 12.9. The van der Waals surface area contributed by atoms with Crippen molar-refractivity contribution in [2.24, 2.45) is 0 Å². The van der Waals surface area contributed by atoms with Crippen LogP contribution < -0.4 is 4.72 Å². The van der Waals surface area contributed by atoms with Crippen LogP contribution in [-0.4, -0.2) is 76.3 Å². The summed E-state index contributed by atoms with van der Waals surface area (Å²) in [5.41, 5.74) is 0. The van der Waals surface area contributed by atoms with Crippen molar-refractivity contribution in [3.63, 3.8) is 0 Å². The zero-order valence-electron chi connectivity index (χ0n) is 17.6. The first-order valence-electron chi connectivity index (χ1n) is 10.3. The minimum Gasteiger partial charge on any atom is -0.378 e. The zero-order chi connectivity index (χ0) is 21.9. The van der Waals surface area contributed by atoms with E-state index in [1.165, 1.54) is 7.05 Å². The lowest BCUT2D eigenvalue weighted by molar-refractivity contribution is -0.121. The van der Waals surface area contributed by atoms with E-state index in [9.17, 15) is 21.6 Å². The van der Waals surface area contributed by atoms with Gasteiger partial charge in [-0.2, -0.15) is 30.6 Å². The van der Waals surface area contributed by atoms with E-state index in [1.807, 2.05) is 6.08 Å². The van der Waals surface area contributed by atoms with E-state index >= 15 is 0 Å². The summed E-state index contributed by atoms with van der Waals surface area (Å²) < 4.78 is 69.3. The Morgan fingerprint density at radius 1 is 1.10 bits per heavy atom. The van der Waals surface area contributed by atoms with Crippen LogP contribution in [0.25, 0.3) is 0 Å². The monoisotopic (exact) mass is 443 g/mol. The fourth-order valence-electron chi connectivity index (χ4n) is 3.45. The van der Waals surface area contributed by atoms with Gasteiger partial charge in [0.1, 0.15) is 6.54 Å². The van der Waals surface area contributed by atoms with Crippen molar-refractivity contribution in [1.82, 2.24) is 13.9 Å². The standard InChI is InChI=1S/C19H36F3N3O3S/c1-4-13-24(2)14-7-5-6-8-15-28-18-11-9-17(10-12-18)25(3)29(26,27)23-16-19(20,21)22/h4,17-18,23H,1,5-16H2,2-3H3/t17-,18-. The van der Waals surface area contributed by atoms with Gasteiger partial charge in [0.25, 0.3) is 10.2 Å². The molecule has 0 spiro atoms. The fraction of sp³-hybridized carbons (Fsp3) is 0.895. The number of ether oxygens (including phenoxy) is 1. The van der Waals surface area contributed by atoms with Crippen LogP contribution in [0.2, 0.25) is 0 Å². The predicted octanol–water partition coefficient (Wildman–Crippen LogP) is 3.32. The molecule has 0 aliphatic heterocycles. The molecule has 0 saturated heterocycles. The summed E-state index contributed by atoms with van der Waals surface area (Å²) in [4.78, 5) is 2.23. The number of halogens is 3. The highest BCUT2D eigenvalue weighted by molar-refractivity contribution is 7.87. The average molecular weight is 444 g/mol. The topological polar surface area (TPSA) is 61.9 Å². The van der Waals surface area contributed by atoms with Gasteiger partial charge < -0.3 is 9.64 Å². The van der Waals surface area contributed by atoms with Crippen molar-refractivity contribution < 1.29 is 26.3 Å². The second-order valence-electron chi connectivity index (χ2n) is 7.72. The normalized spacial score (nSPS) is 21.1. The van der Waals surface area contributed by atoms with Crippen LogP contribution in [0.4, 0.5) is 13.2 Å². The quantitative estimate of drug-likeness (QED) is 0.331. The van der Waals surface area contributed by atoms with Gasteiger partial charge in [-0.25, -0.2) is 0 Å². The number of hydrogen-bond donors (Lipinski definition) is 1. The molecular formula is C19H36F3N3O3S. The first-order valence-corrected chi connectivity index (χ1v) is 11.7. The third-order valence-electron chi connectivity index (χ3n) is 5.22. The Kier molecular flexibility index (Phi) is 11.7. The molecule has 1 N–H and O–H groups in total. The Balaban J connectivity index is 2.17. The summed E-state index contributed by atoms with van der Waals surface area (Å²) in [5.74, 6) is 0. The van der Waals surface area contributed by atoms with Crippen LogP contribution >= 0.6 is 0 Å². The van der Waals surface area contributed by atoms with E-state index in [0.29, 0.717) is 19.4 Å². The van der Waals surface area contributed by atoms with Crippen LogP contribution in [0.3, 0.4) is 0 Å². The highest BCUT2D eigenvalue weighted by Gasteiger charge is 2.34. The number of rotatable bonds is 14. The summed E-state index contributed by atoms with van der Waals surface area (Å²) in [6.07, 6.45) is 4.47. The number of nitrogens with zero attached hydrogens (tertiary/aromatic N) is 2. The molecule has 0 aromatic heterocycles. The molecule has 0 atom stereocenters. The van der Waals surface area contributed by atoms with Gasteiger partial charge in [-0.3, -0.25) is 0 Å². The molecule has 0 aromatic carbocycles. The Morgan fingerprint density at radius 2 is 1.72 bits per heavy atom. The Bertz CT molecular complexity index is 565. The Morgan fingerprint density at radius 3 is 2.31 bits per heavy atom. The molecule has 0 unspecified atom stereocenters. The largest absolute Gasteiger partial charge is 0.402 e. The van der Waals surface area contributed by atoms with Gasteiger partial charge in [0, 0.05) is 26.2 Å². The van der Waals surface area contributed by atoms with Crippen LogP contribution in [-0.2, 0) is 14.9 Å². The smallest absolute Gasteiger partial charge is 0.378 e. The Labute approximate surface area is 173 Å². The van der Waals surface area contributed by atoms with Crippen LogP contribution in [0.5, 0.6) is 0 Å². The van der Waals surface area contributed by atoms with E-state index in [2.05, 4.69) is 18.5 Å². The molecule has 0 aromatic rings. The SMILES string of the molecule is C=CCN(C)CCCCCCO[C@H]1CC[C@H](N(C)S(=O)(=O)NCC(F)(F)F)CC1. The first kappa shape index (κ1) is 26.4. The van der Waals surface area contributed by atoms with Crippen LogP contribution in [0.1, 0.15) is 51.4 Å². The third kappa shape index (κ3) is 11.3. The van der Waals surface area contributed by atoms with Crippen molar-refractivity contribution in [2.75, 3.05) is 40.3 Å². The van der Waals surface area contributed by atoms with Gasteiger partial charge in [0.05, 0.1) is 6.10 Å². The number of alkyl halides is 3. The maximum absolute atomic E-state index is 12.3. The van der Waals surface area contributed by atoms with E-state index in [0.717, 1.165) is 55.9 Å². The number of unbranched alkanes of at least 4 members (excludes halogenated alkanes) is 3. The molecule has 1 aliphatic rings. The number of hydrogen-bond acceptors (Lipinski definition) is 4. The van der Waals surface area contributed by atoms with Gasteiger partial charge >= 0.3 is 6.18 Å². The van der Waals surface area contributed by atoms with E-state index in [4.69, 9.17) is 4.74 Å². The first-order chi connectivity index (χ1) is 13.5. The molecule has 0 heterocycles. The summed E-state index contributed by atoms with van der Waals surface area (Å²) in [7, 11) is -0.727. The molecular weight excluding hydrogens is 407 g/mol. The van der Waals surface area contributed by atoms with E-state index in [-0.39, 0.29) is 12.1 Å². The number of nitrogens with one attached hydrogen (secondary N) is 1. The van der Waals surface area contributed by atoms with Gasteiger partial charge in [0.2, 0.25) is 0 Å². The maximum atomic E-state index is 12.3. The highest BCUT2D eigenvalue weighted by Crippen LogP contribution is 2.26. The Hall–Kier alpha value is -0.680. The van der Waals surface area contributed by atoms with Gasteiger partial charge in [-0.15, -0.1) is 6.58 Å². The van der Waals surface area contributed by atoms with Crippen molar-refractivity contribution in [3.8, 4) is 0 Å². The molecule has 1 aliphatic carbocycles. The molecule has 0 bridgehead atoms. The molecule has 0 amide bonds. The molecule has 29 heavy (non-hydrogen) atoms. The fourth-order valence-corrected chi connectivity index (χ4v) is 4.60. The summed E-state index contributed by atoms with van der Waals surface area (Å²) in [5, 5.41) is 0. The predicted molar refractivity (Wildman–Crippen MR) is 109 cm³/mol. The minimum absolute atomic E-state index is 0.101. The summed E-state index contributed by atoms with van der Waals surface area (Å²) >= 11 is 0.